The molecule has 2 aliphatic heterocycles. The van der Waals surface area contributed by atoms with Gasteiger partial charge in [0.15, 0.2) is 17.7 Å². The molecule has 0 radical (unpaired) electrons. The molecule has 28 heavy (non-hydrogen) atoms. The topological polar surface area (TPSA) is 63.7 Å². The summed E-state index contributed by atoms with van der Waals surface area (Å²) in [6, 6.07) is 13.1. The minimum atomic E-state index is -0.397. The van der Waals surface area contributed by atoms with Crippen LogP contribution in [0.5, 0.6) is 11.5 Å². The SMILES string of the molecule is CC(C)c1nc(C2Nc3ccccc3C(=O)N2c2ccc3c(c2)OCO3)cs1. The van der Waals surface area contributed by atoms with Gasteiger partial charge >= 0.3 is 0 Å². The van der Waals surface area contributed by atoms with Crippen molar-refractivity contribution in [1.29, 1.82) is 0 Å². The summed E-state index contributed by atoms with van der Waals surface area (Å²) in [4.78, 5) is 20.0. The lowest BCUT2D eigenvalue weighted by atomic mass is 10.1. The number of hydrogen-bond acceptors (Lipinski definition) is 6. The van der Waals surface area contributed by atoms with Crippen molar-refractivity contribution >= 4 is 28.6 Å². The van der Waals surface area contributed by atoms with Crippen molar-refractivity contribution in [2.24, 2.45) is 0 Å². The Balaban J connectivity index is 1.62. The highest BCUT2D eigenvalue weighted by Crippen LogP contribution is 2.41. The fourth-order valence-corrected chi connectivity index (χ4v) is 4.31. The van der Waals surface area contributed by atoms with Crippen molar-refractivity contribution in [3.63, 3.8) is 0 Å². The molecule has 5 rings (SSSR count). The molecule has 1 aromatic heterocycles. The van der Waals surface area contributed by atoms with Crippen LogP contribution < -0.4 is 19.7 Å². The van der Waals surface area contributed by atoms with Crippen LogP contribution in [0.2, 0.25) is 0 Å². The molecule has 1 N–H and O–H groups in total. The van der Waals surface area contributed by atoms with E-state index in [0.717, 1.165) is 22.1 Å². The molecule has 2 aliphatic rings. The van der Waals surface area contributed by atoms with Crippen molar-refractivity contribution in [3.8, 4) is 11.5 Å². The zero-order chi connectivity index (χ0) is 19.3. The molecule has 6 nitrogen and oxygen atoms in total. The van der Waals surface area contributed by atoms with Crippen molar-refractivity contribution < 1.29 is 14.3 Å². The first kappa shape index (κ1) is 17.1. The van der Waals surface area contributed by atoms with Crippen LogP contribution in [-0.2, 0) is 0 Å². The Morgan fingerprint density at radius 1 is 1.18 bits per heavy atom. The van der Waals surface area contributed by atoms with Gasteiger partial charge in [0.05, 0.1) is 22.0 Å². The van der Waals surface area contributed by atoms with E-state index in [1.165, 1.54) is 0 Å². The second kappa shape index (κ2) is 6.53. The summed E-state index contributed by atoms with van der Waals surface area (Å²) in [5.74, 6) is 1.60. The van der Waals surface area contributed by atoms with Gasteiger partial charge in [-0.1, -0.05) is 26.0 Å². The lowest BCUT2D eigenvalue weighted by molar-refractivity contribution is 0.0974. The number of anilines is 2. The molecule has 0 bridgehead atoms. The van der Waals surface area contributed by atoms with Gasteiger partial charge in [-0.2, -0.15) is 0 Å². The smallest absolute Gasteiger partial charge is 0.262 e. The maximum atomic E-state index is 13.4. The zero-order valence-electron chi connectivity index (χ0n) is 15.5. The standard InChI is InChI=1S/C21H19N3O3S/c1-12(2)20-23-16(10-28-20)19-22-15-6-4-3-5-14(15)21(25)24(19)13-7-8-17-18(9-13)27-11-26-17/h3-10,12,19,22H,11H2,1-2H3. The van der Waals surface area contributed by atoms with Crippen LogP contribution in [0.4, 0.5) is 11.4 Å². The molecular weight excluding hydrogens is 374 g/mol. The normalized spacial score (nSPS) is 17.6. The van der Waals surface area contributed by atoms with Gasteiger partial charge in [-0.25, -0.2) is 4.98 Å². The Hall–Kier alpha value is -3.06. The summed E-state index contributed by atoms with van der Waals surface area (Å²) >= 11 is 1.62. The third kappa shape index (κ3) is 2.70. The third-order valence-corrected chi connectivity index (χ3v) is 6.04. The molecule has 0 fully saturated rings. The molecule has 2 aromatic carbocycles. The number of hydrogen-bond donors (Lipinski definition) is 1. The van der Waals surface area contributed by atoms with Crippen LogP contribution in [0.25, 0.3) is 0 Å². The maximum absolute atomic E-state index is 13.4. The fraction of sp³-hybridized carbons (Fsp3) is 0.238. The molecule has 142 valence electrons. The van der Waals surface area contributed by atoms with Crippen LogP contribution >= 0.6 is 11.3 Å². The number of nitrogens with zero attached hydrogens (tertiary/aromatic N) is 2. The average molecular weight is 393 g/mol. The lowest BCUT2D eigenvalue weighted by Crippen LogP contribution is -2.43. The number of nitrogens with one attached hydrogen (secondary N) is 1. The summed E-state index contributed by atoms with van der Waals surface area (Å²) < 4.78 is 10.9. The lowest BCUT2D eigenvalue weighted by Gasteiger charge is -2.37. The van der Waals surface area contributed by atoms with Gasteiger partial charge in [0.2, 0.25) is 6.79 Å². The largest absolute Gasteiger partial charge is 0.454 e. The Kier molecular flexibility index (Phi) is 3.98. The highest BCUT2D eigenvalue weighted by molar-refractivity contribution is 7.09. The first-order valence-electron chi connectivity index (χ1n) is 9.16. The molecule has 1 unspecified atom stereocenters. The molecule has 0 aliphatic carbocycles. The molecule has 0 saturated heterocycles. The highest BCUT2D eigenvalue weighted by atomic mass is 32.1. The minimum absolute atomic E-state index is 0.0719. The van der Waals surface area contributed by atoms with Crippen molar-refractivity contribution in [1.82, 2.24) is 4.98 Å². The molecule has 3 aromatic rings. The van der Waals surface area contributed by atoms with Crippen LogP contribution in [0, 0.1) is 0 Å². The van der Waals surface area contributed by atoms with Gasteiger partial charge in [0, 0.05) is 23.1 Å². The highest BCUT2D eigenvalue weighted by Gasteiger charge is 2.36. The number of aromatic nitrogens is 1. The van der Waals surface area contributed by atoms with Gasteiger partial charge < -0.3 is 14.8 Å². The molecule has 0 spiro atoms. The number of fused-ring (bicyclic) bond motifs is 2. The van der Waals surface area contributed by atoms with E-state index in [0.29, 0.717) is 23.0 Å². The van der Waals surface area contributed by atoms with E-state index in [1.54, 1.807) is 16.2 Å². The van der Waals surface area contributed by atoms with Gasteiger partial charge in [0.25, 0.3) is 5.91 Å². The molecular formula is C21H19N3O3S. The van der Waals surface area contributed by atoms with E-state index in [4.69, 9.17) is 14.5 Å². The Bertz CT molecular complexity index is 1060. The van der Waals surface area contributed by atoms with Crippen LogP contribution in [0.15, 0.2) is 47.8 Å². The number of thiazole rings is 1. The zero-order valence-corrected chi connectivity index (χ0v) is 16.3. The summed E-state index contributed by atoms with van der Waals surface area (Å²) in [7, 11) is 0. The van der Waals surface area contributed by atoms with E-state index in [-0.39, 0.29) is 12.7 Å². The molecule has 3 heterocycles. The fourth-order valence-electron chi connectivity index (χ4n) is 3.45. The second-order valence-electron chi connectivity index (χ2n) is 7.07. The first-order chi connectivity index (χ1) is 13.6. The number of carbonyl (C=O) groups is 1. The number of carbonyl (C=O) groups excluding carboxylic acids is 1. The van der Waals surface area contributed by atoms with Crippen molar-refractivity contribution in [3.05, 3.63) is 64.1 Å². The van der Waals surface area contributed by atoms with Gasteiger partial charge in [-0.3, -0.25) is 9.69 Å². The van der Waals surface area contributed by atoms with E-state index < -0.39 is 6.17 Å². The van der Waals surface area contributed by atoms with Crippen LogP contribution in [-0.4, -0.2) is 17.7 Å². The summed E-state index contributed by atoms with van der Waals surface area (Å²) in [6.45, 7) is 4.43. The van der Waals surface area contributed by atoms with Crippen LogP contribution in [0.1, 0.15) is 47.0 Å². The van der Waals surface area contributed by atoms with Gasteiger partial charge in [-0.05, 0) is 24.3 Å². The first-order valence-corrected chi connectivity index (χ1v) is 10.0. The predicted molar refractivity (Wildman–Crippen MR) is 108 cm³/mol. The summed E-state index contributed by atoms with van der Waals surface area (Å²) in [5, 5.41) is 6.56. The quantitative estimate of drug-likeness (QED) is 0.695. The number of rotatable bonds is 3. The van der Waals surface area contributed by atoms with E-state index in [2.05, 4.69) is 19.2 Å². The molecule has 7 heteroatoms. The molecule has 1 atom stereocenters. The number of para-hydroxylation sites is 1. The second-order valence-corrected chi connectivity index (χ2v) is 7.96. The average Bonchev–Trinajstić information content (AvgIpc) is 3.37. The monoisotopic (exact) mass is 393 g/mol. The third-order valence-electron chi connectivity index (χ3n) is 4.87. The summed E-state index contributed by atoms with van der Waals surface area (Å²) in [6.07, 6.45) is -0.397. The van der Waals surface area contributed by atoms with Gasteiger partial charge in [-0.15, -0.1) is 11.3 Å². The number of ether oxygens (including phenoxy) is 2. The maximum Gasteiger partial charge on any atom is 0.262 e. The Morgan fingerprint density at radius 2 is 2.00 bits per heavy atom. The molecule has 1 amide bonds. The van der Waals surface area contributed by atoms with Crippen molar-refractivity contribution in [2.45, 2.75) is 25.9 Å². The Morgan fingerprint density at radius 3 is 2.82 bits per heavy atom. The van der Waals surface area contributed by atoms with E-state index >= 15 is 0 Å². The Labute approximate surface area is 166 Å². The summed E-state index contributed by atoms with van der Waals surface area (Å²) in [5.41, 5.74) is 3.01. The van der Waals surface area contributed by atoms with Crippen molar-refractivity contribution in [2.75, 3.05) is 17.0 Å². The van der Waals surface area contributed by atoms with Crippen LogP contribution in [0.3, 0.4) is 0 Å². The van der Waals surface area contributed by atoms with E-state index in [9.17, 15) is 4.79 Å². The van der Waals surface area contributed by atoms with E-state index in [1.807, 2.05) is 47.8 Å². The number of benzene rings is 2. The minimum Gasteiger partial charge on any atom is -0.454 e. The predicted octanol–water partition coefficient (Wildman–Crippen LogP) is 4.77. The number of amides is 1. The van der Waals surface area contributed by atoms with Gasteiger partial charge in [0.1, 0.15) is 0 Å². The molecule has 0 saturated carbocycles.